The van der Waals surface area contributed by atoms with Crippen LogP contribution in [0.2, 0.25) is 0 Å². The molecule has 0 saturated carbocycles. The van der Waals surface area contributed by atoms with Gasteiger partial charge in [0.15, 0.2) is 0 Å². The molecule has 12 nitrogen and oxygen atoms in total. The number of carbonyl (C=O) groups excluding carboxylic acids is 3. The molecule has 2 atom stereocenters. The van der Waals surface area contributed by atoms with Gasteiger partial charge in [0.2, 0.25) is 11.8 Å². The fourth-order valence-corrected chi connectivity index (χ4v) is 7.27. The van der Waals surface area contributed by atoms with Crippen LogP contribution in [0.25, 0.3) is 0 Å². The molecule has 4 aromatic carbocycles. The highest BCUT2D eigenvalue weighted by molar-refractivity contribution is 6.25. The predicted octanol–water partition coefficient (Wildman–Crippen LogP) is 4.78. The Balaban J connectivity index is 1.39. The Morgan fingerprint density at radius 2 is 1.53 bits per heavy atom. The monoisotopic (exact) mass is 601 g/mol. The number of hydrogen-bond donors (Lipinski definition) is 1. The Kier molecular flexibility index (Phi) is 6.18. The van der Waals surface area contributed by atoms with E-state index in [0.717, 1.165) is 33.2 Å². The number of rotatable bonds is 6. The lowest BCUT2D eigenvalue weighted by Crippen LogP contribution is -2.54. The number of aryl methyl sites for hydroxylation is 1. The maximum Gasteiger partial charge on any atom is 0.293 e. The molecule has 222 valence electrons. The maximum absolute atomic E-state index is 14.5. The van der Waals surface area contributed by atoms with Crippen LogP contribution in [-0.2, 0) is 15.0 Å². The highest BCUT2D eigenvalue weighted by Gasteiger charge is 2.68. The van der Waals surface area contributed by atoms with Gasteiger partial charge in [-0.05, 0) is 46.9 Å². The SMILES string of the molecule is Cc1ccc(N2C(=O)[C@H]3C4c5ccccc5C(/C=N\NC(=O)c5cccc([N+](=O)[O-])c5)(c5ccccc54)[C@H]3C2=O)c([N+](=O)[O-])c1. The Morgan fingerprint density at radius 1 is 0.867 bits per heavy atom. The van der Waals surface area contributed by atoms with E-state index in [2.05, 4.69) is 10.5 Å². The van der Waals surface area contributed by atoms with Crippen LogP contribution in [0.1, 0.15) is 44.1 Å². The number of non-ortho nitro benzene ring substituents is 1. The van der Waals surface area contributed by atoms with Crippen molar-refractivity contribution >= 4 is 41.0 Å². The van der Waals surface area contributed by atoms with E-state index in [1.54, 1.807) is 13.0 Å². The van der Waals surface area contributed by atoms with Crippen LogP contribution in [0.15, 0.2) is 96.1 Å². The van der Waals surface area contributed by atoms with E-state index >= 15 is 0 Å². The first-order valence-corrected chi connectivity index (χ1v) is 14.1. The van der Waals surface area contributed by atoms with Gasteiger partial charge < -0.3 is 0 Å². The zero-order valence-corrected chi connectivity index (χ0v) is 23.6. The second kappa shape index (κ2) is 10.0. The predicted molar refractivity (Wildman–Crippen MR) is 162 cm³/mol. The third-order valence-electron chi connectivity index (χ3n) is 9.01. The number of hydrogen-bond acceptors (Lipinski definition) is 8. The first kappa shape index (κ1) is 27.8. The lowest BCUT2D eigenvalue weighted by atomic mass is 9.47. The summed E-state index contributed by atoms with van der Waals surface area (Å²) >= 11 is 0. The van der Waals surface area contributed by atoms with E-state index in [9.17, 15) is 34.6 Å². The van der Waals surface area contributed by atoms with Crippen molar-refractivity contribution in [1.29, 1.82) is 0 Å². The Hall–Kier alpha value is -6.04. The van der Waals surface area contributed by atoms with Crippen molar-refractivity contribution in [2.24, 2.45) is 16.9 Å². The standard InChI is InChI=1S/C33H23N5O7/c1-18-13-14-25(26(15-18)38(44)45)36-31(40)28-27-21-9-2-4-11-23(21)33(29(28)32(36)41,24-12-5-3-10-22(24)27)17-34-35-30(39)19-7-6-8-20(16-19)37(42)43/h2-17,27-29H,1H3,(H,35,39)/b34-17-/t27?,28-,29+,33?/m0/s1. The number of benzene rings is 4. The number of imide groups is 1. The van der Waals surface area contributed by atoms with Gasteiger partial charge in [-0.25, -0.2) is 10.3 Å². The highest BCUT2D eigenvalue weighted by Crippen LogP contribution is 2.64. The number of carbonyl (C=O) groups is 3. The fourth-order valence-electron chi connectivity index (χ4n) is 7.27. The summed E-state index contributed by atoms with van der Waals surface area (Å²) in [5, 5.41) is 27.6. The molecule has 1 fully saturated rings. The number of hydrazone groups is 1. The molecule has 2 bridgehead atoms. The van der Waals surface area contributed by atoms with Crippen molar-refractivity contribution in [2.45, 2.75) is 18.3 Å². The van der Waals surface area contributed by atoms with Gasteiger partial charge in [0.05, 0.1) is 27.1 Å². The van der Waals surface area contributed by atoms with Crippen LogP contribution in [0.3, 0.4) is 0 Å². The van der Waals surface area contributed by atoms with Crippen LogP contribution in [-0.4, -0.2) is 33.8 Å². The van der Waals surface area contributed by atoms with Crippen molar-refractivity contribution in [3.05, 3.63) is 145 Å². The first-order valence-electron chi connectivity index (χ1n) is 14.1. The number of nitro benzene ring substituents is 2. The molecule has 3 aliphatic carbocycles. The quantitative estimate of drug-likeness (QED) is 0.144. The molecule has 1 N–H and O–H groups in total. The summed E-state index contributed by atoms with van der Waals surface area (Å²) < 4.78 is 0. The summed E-state index contributed by atoms with van der Waals surface area (Å²) in [5.41, 5.74) is 4.08. The maximum atomic E-state index is 14.5. The van der Waals surface area contributed by atoms with Crippen molar-refractivity contribution in [1.82, 2.24) is 5.43 Å². The van der Waals surface area contributed by atoms with Gasteiger partial charge in [-0.2, -0.15) is 5.10 Å². The van der Waals surface area contributed by atoms with E-state index < -0.39 is 50.7 Å². The number of nitro groups is 2. The zero-order valence-electron chi connectivity index (χ0n) is 23.6. The van der Waals surface area contributed by atoms with E-state index in [4.69, 9.17) is 0 Å². The van der Waals surface area contributed by atoms with E-state index in [0.29, 0.717) is 5.56 Å². The highest BCUT2D eigenvalue weighted by atomic mass is 16.6. The van der Waals surface area contributed by atoms with E-state index in [-0.39, 0.29) is 22.6 Å². The Labute approximate surface area is 255 Å². The molecule has 1 aliphatic heterocycles. The van der Waals surface area contributed by atoms with Crippen LogP contribution < -0.4 is 10.3 Å². The molecular formula is C33H23N5O7. The molecule has 0 spiro atoms. The van der Waals surface area contributed by atoms with Crippen LogP contribution in [0.4, 0.5) is 17.1 Å². The zero-order chi connectivity index (χ0) is 31.6. The van der Waals surface area contributed by atoms with Crippen LogP contribution in [0, 0.1) is 39.0 Å². The summed E-state index contributed by atoms with van der Waals surface area (Å²) in [6.45, 7) is 1.69. The Morgan fingerprint density at radius 3 is 2.18 bits per heavy atom. The normalized spacial score (nSPS) is 22.6. The molecule has 3 amide bonds. The van der Waals surface area contributed by atoms with Gasteiger partial charge in [-0.3, -0.25) is 34.6 Å². The number of nitrogens with zero attached hydrogens (tertiary/aromatic N) is 4. The average Bonchev–Trinajstić information content (AvgIpc) is 3.31. The lowest BCUT2D eigenvalue weighted by molar-refractivity contribution is -0.384. The fraction of sp³-hybridized carbons (Fsp3) is 0.152. The smallest absolute Gasteiger partial charge is 0.274 e. The minimum absolute atomic E-state index is 0.00913. The van der Waals surface area contributed by atoms with Crippen molar-refractivity contribution in [3.63, 3.8) is 0 Å². The molecular weight excluding hydrogens is 578 g/mol. The van der Waals surface area contributed by atoms with Gasteiger partial charge in [0, 0.05) is 35.9 Å². The lowest BCUT2D eigenvalue weighted by Gasteiger charge is -2.52. The topological polar surface area (TPSA) is 165 Å². The van der Waals surface area contributed by atoms with Gasteiger partial charge in [-0.1, -0.05) is 60.7 Å². The summed E-state index contributed by atoms with van der Waals surface area (Å²) in [6.07, 6.45) is 1.45. The molecule has 0 aromatic heterocycles. The summed E-state index contributed by atoms with van der Waals surface area (Å²) in [4.78, 5) is 64.9. The van der Waals surface area contributed by atoms with Crippen molar-refractivity contribution < 1.29 is 24.2 Å². The molecule has 4 aromatic rings. The molecule has 12 heteroatoms. The third-order valence-corrected chi connectivity index (χ3v) is 9.01. The third kappa shape index (κ3) is 3.92. The summed E-state index contributed by atoms with van der Waals surface area (Å²) in [5.74, 6) is -4.30. The molecule has 8 rings (SSSR count). The van der Waals surface area contributed by atoms with Crippen LogP contribution >= 0.6 is 0 Å². The molecule has 4 aliphatic rings. The minimum atomic E-state index is -1.33. The van der Waals surface area contributed by atoms with Gasteiger partial charge in [0.1, 0.15) is 5.69 Å². The minimum Gasteiger partial charge on any atom is -0.274 e. The molecule has 1 heterocycles. The van der Waals surface area contributed by atoms with Crippen LogP contribution in [0.5, 0.6) is 0 Å². The van der Waals surface area contributed by atoms with E-state index in [1.165, 1.54) is 36.5 Å². The van der Waals surface area contributed by atoms with Gasteiger partial charge in [0.25, 0.3) is 17.3 Å². The summed E-state index contributed by atoms with van der Waals surface area (Å²) in [6, 6.07) is 24.4. The second-order valence-corrected chi connectivity index (χ2v) is 11.3. The number of anilines is 1. The number of amides is 3. The van der Waals surface area contributed by atoms with Crippen molar-refractivity contribution in [2.75, 3.05) is 4.90 Å². The second-order valence-electron chi connectivity index (χ2n) is 11.3. The largest absolute Gasteiger partial charge is 0.293 e. The van der Waals surface area contributed by atoms with Crippen molar-refractivity contribution in [3.8, 4) is 0 Å². The molecule has 45 heavy (non-hydrogen) atoms. The average molecular weight is 602 g/mol. The van der Waals surface area contributed by atoms with Gasteiger partial charge in [-0.15, -0.1) is 0 Å². The van der Waals surface area contributed by atoms with E-state index in [1.807, 2.05) is 48.5 Å². The summed E-state index contributed by atoms with van der Waals surface area (Å²) in [7, 11) is 0. The van der Waals surface area contributed by atoms with Gasteiger partial charge >= 0.3 is 0 Å². The Bertz CT molecular complexity index is 1970. The molecule has 0 radical (unpaired) electrons. The number of nitrogens with one attached hydrogen (secondary N) is 1. The molecule has 1 saturated heterocycles. The molecule has 0 unspecified atom stereocenters. The first-order chi connectivity index (χ1) is 21.6.